The van der Waals surface area contributed by atoms with Crippen molar-refractivity contribution in [3.8, 4) is 5.75 Å². The SMILES string of the molecule is COC(=O)C(C)CNc1ccc(OC(F)(F)F)cc1. The number of rotatable bonds is 5. The molecule has 0 fully saturated rings. The van der Waals surface area contributed by atoms with Gasteiger partial charge in [0.15, 0.2) is 0 Å². The maximum atomic E-state index is 11.9. The molecule has 1 unspecified atom stereocenters. The fourth-order valence-corrected chi connectivity index (χ4v) is 1.33. The van der Waals surface area contributed by atoms with Crippen LogP contribution in [0.3, 0.4) is 0 Å². The van der Waals surface area contributed by atoms with E-state index in [0.29, 0.717) is 12.2 Å². The lowest BCUT2D eigenvalue weighted by molar-refractivity contribution is -0.274. The van der Waals surface area contributed by atoms with Crippen LogP contribution in [0.5, 0.6) is 5.75 Å². The first-order chi connectivity index (χ1) is 8.81. The summed E-state index contributed by atoms with van der Waals surface area (Å²) in [4.78, 5) is 11.1. The van der Waals surface area contributed by atoms with Crippen LogP contribution in [0.4, 0.5) is 18.9 Å². The Bertz CT molecular complexity index is 417. The van der Waals surface area contributed by atoms with E-state index < -0.39 is 6.36 Å². The Morgan fingerprint density at radius 1 is 1.32 bits per heavy atom. The first-order valence-electron chi connectivity index (χ1n) is 5.49. The number of hydrogen-bond acceptors (Lipinski definition) is 4. The molecule has 0 aliphatic rings. The monoisotopic (exact) mass is 277 g/mol. The molecular weight excluding hydrogens is 263 g/mol. The highest BCUT2D eigenvalue weighted by Crippen LogP contribution is 2.23. The summed E-state index contributed by atoms with van der Waals surface area (Å²) in [6.45, 7) is 2.01. The van der Waals surface area contributed by atoms with E-state index in [9.17, 15) is 18.0 Å². The summed E-state index contributed by atoms with van der Waals surface area (Å²) in [7, 11) is 1.29. The van der Waals surface area contributed by atoms with Crippen molar-refractivity contribution in [2.45, 2.75) is 13.3 Å². The molecule has 0 aliphatic heterocycles. The second-order valence-corrected chi connectivity index (χ2v) is 3.88. The van der Waals surface area contributed by atoms with Gasteiger partial charge in [0, 0.05) is 12.2 Å². The van der Waals surface area contributed by atoms with E-state index in [0.717, 1.165) is 0 Å². The van der Waals surface area contributed by atoms with Crippen LogP contribution < -0.4 is 10.1 Å². The minimum atomic E-state index is -4.70. The van der Waals surface area contributed by atoms with Crippen molar-refractivity contribution in [3.63, 3.8) is 0 Å². The maximum absolute atomic E-state index is 11.9. The largest absolute Gasteiger partial charge is 0.573 e. The summed E-state index contributed by atoms with van der Waals surface area (Å²) in [5.74, 6) is -1.00. The topological polar surface area (TPSA) is 47.6 Å². The van der Waals surface area contributed by atoms with Crippen molar-refractivity contribution >= 4 is 11.7 Å². The first-order valence-corrected chi connectivity index (χ1v) is 5.49. The third-order valence-corrected chi connectivity index (χ3v) is 2.30. The van der Waals surface area contributed by atoms with Gasteiger partial charge in [0.05, 0.1) is 13.0 Å². The van der Waals surface area contributed by atoms with Crippen LogP contribution >= 0.6 is 0 Å². The Morgan fingerprint density at radius 3 is 2.37 bits per heavy atom. The van der Waals surface area contributed by atoms with Crippen molar-refractivity contribution in [1.29, 1.82) is 0 Å². The number of benzene rings is 1. The van der Waals surface area contributed by atoms with Crippen LogP contribution in [0.1, 0.15) is 6.92 Å². The first kappa shape index (κ1) is 15.1. The van der Waals surface area contributed by atoms with E-state index in [4.69, 9.17) is 0 Å². The van der Waals surface area contributed by atoms with Gasteiger partial charge in [-0.2, -0.15) is 0 Å². The van der Waals surface area contributed by atoms with Crippen LogP contribution in [0.25, 0.3) is 0 Å². The molecule has 19 heavy (non-hydrogen) atoms. The lowest BCUT2D eigenvalue weighted by atomic mass is 10.2. The summed E-state index contributed by atoms with van der Waals surface area (Å²) in [5.41, 5.74) is 0.588. The molecule has 0 aliphatic carbocycles. The zero-order valence-corrected chi connectivity index (χ0v) is 10.5. The van der Waals surface area contributed by atoms with Crippen LogP contribution in [0.2, 0.25) is 0 Å². The molecule has 0 spiro atoms. The molecule has 7 heteroatoms. The van der Waals surface area contributed by atoms with E-state index in [-0.39, 0.29) is 17.6 Å². The molecule has 0 aromatic heterocycles. The zero-order valence-electron chi connectivity index (χ0n) is 10.5. The molecule has 0 saturated carbocycles. The van der Waals surface area contributed by atoms with Gasteiger partial charge in [0.2, 0.25) is 0 Å². The van der Waals surface area contributed by atoms with Crippen LogP contribution in [-0.4, -0.2) is 26.0 Å². The third kappa shape index (κ3) is 5.50. The second kappa shape index (κ2) is 6.31. The molecule has 1 atom stereocenters. The van der Waals surface area contributed by atoms with Gasteiger partial charge in [0.1, 0.15) is 5.75 Å². The van der Waals surface area contributed by atoms with Crippen molar-refractivity contribution < 1.29 is 27.4 Å². The summed E-state index contributed by atoms with van der Waals surface area (Å²) in [5, 5.41) is 2.91. The molecule has 0 radical (unpaired) electrons. The van der Waals surface area contributed by atoms with Gasteiger partial charge in [-0.1, -0.05) is 6.92 Å². The number of carbonyl (C=O) groups is 1. The molecule has 1 aromatic carbocycles. The van der Waals surface area contributed by atoms with Crippen molar-refractivity contribution in [2.24, 2.45) is 5.92 Å². The average Bonchev–Trinajstić information content (AvgIpc) is 2.34. The minimum Gasteiger partial charge on any atom is -0.469 e. The Morgan fingerprint density at radius 2 is 1.89 bits per heavy atom. The van der Waals surface area contributed by atoms with Crippen LogP contribution in [0.15, 0.2) is 24.3 Å². The number of ether oxygens (including phenoxy) is 2. The molecule has 1 rings (SSSR count). The van der Waals surface area contributed by atoms with Gasteiger partial charge in [-0.15, -0.1) is 13.2 Å². The number of methoxy groups -OCH3 is 1. The number of halogens is 3. The Balaban J connectivity index is 2.51. The van der Waals surface area contributed by atoms with E-state index in [1.807, 2.05) is 0 Å². The van der Waals surface area contributed by atoms with Crippen LogP contribution in [0, 0.1) is 5.92 Å². The molecule has 1 aromatic rings. The van der Waals surface area contributed by atoms with E-state index >= 15 is 0 Å². The van der Waals surface area contributed by atoms with Gasteiger partial charge in [-0.25, -0.2) is 0 Å². The number of alkyl halides is 3. The summed E-state index contributed by atoms with van der Waals surface area (Å²) >= 11 is 0. The van der Waals surface area contributed by atoms with Gasteiger partial charge in [-0.05, 0) is 24.3 Å². The fraction of sp³-hybridized carbons (Fsp3) is 0.417. The summed E-state index contributed by atoms with van der Waals surface area (Å²) in [6.07, 6.45) is -4.70. The predicted molar refractivity (Wildman–Crippen MR) is 62.8 cm³/mol. The van der Waals surface area contributed by atoms with Gasteiger partial charge >= 0.3 is 12.3 Å². The smallest absolute Gasteiger partial charge is 0.469 e. The molecular formula is C12H14F3NO3. The summed E-state index contributed by atoms with van der Waals surface area (Å²) in [6, 6.07) is 5.26. The normalized spacial score (nSPS) is 12.7. The second-order valence-electron chi connectivity index (χ2n) is 3.88. The Labute approximate surface area is 108 Å². The molecule has 0 amide bonds. The fourth-order valence-electron chi connectivity index (χ4n) is 1.33. The number of anilines is 1. The highest BCUT2D eigenvalue weighted by Gasteiger charge is 2.30. The third-order valence-electron chi connectivity index (χ3n) is 2.30. The molecule has 106 valence electrons. The molecule has 1 N–H and O–H groups in total. The standard InChI is InChI=1S/C12H14F3NO3/c1-8(11(17)18-2)7-16-9-3-5-10(6-4-9)19-12(13,14)15/h3-6,8,16H,7H2,1-2H3. The highest BCUT2D eigenvalue weighted by molar-refractivity contribution is 5.72. The lowest BCUT2D eigenvalue weighted by Gasteiger charge is -2.12. The molecule has 0 bridgehead atoms. The molecule has 0 saturated heterocycles. The highest BCUT2D eigenvalue weighted by atomic mass is 19.4. The summed E-state index contributed by atoms with van der Waals surface area (Å²) < 4.78 is 44.1. The molecule has 4 nitrogen and oxygen atoms in total. The van der Waals surface area contributed by atoms with E-state index in [1.54, 1.807) is 6.92 Å². The lowest BCUT2D eigenvalue weighted by Crippen LogP contribution is -2.21. The molecule has 0 heterocycles. The average molecular weight is 277 g/mol. The van der Waals surface area contributed by atoms with Crippen molar-refractivity contribution in [3.05, 3.63) is 24.3 Å². The quantitative estimate of drug-likeness (QED) is 0.841. The Hall–Kier alpha value is -1.92. The number of nitrogens with one attached hydrogen (secondary N) is 1. The zero-order chi connectivity index (χ0) is 14.5. The number of hydrogen-bond donors (Lipinski definition) is 1. The van der Waals surface area contributed by atoms with E-state index in [1.165, 1.54) is 31.4 Å². The minimum absolute atomic E-state index is 0.293. The van der Waals surface area contributed by atoms with Gasteiger partial charge in [-0.3, -0.25) is 4.79 Å². The number of esters is 1. The maximum Gasteiger partial charge on any atom is 0.573 e. The van der Waals surface area contributed by atoms with Crippen molar-refractivity contribution in [1.82, 2.24) is 0 Å². The Kier molecular flexibility index (Phi) is 5.02. The number of carbonyl (C=O) groups excluding carboxylic acids is 1. The van der Waals surface area contributed by atoms with E-state index in [2.05, 4.69) is 14.8 Å². The van der Waals surface area contributed by atoms with Crippen molar-refractivity contribution in [2.75, 3.05) is 19.0 Å². The predicted octanol–water partition coefficient (Wildman–Crippen LogP) is 2.81. The van der Waals surface area contributed by atoms with Gasteiger partial charge in [0.25, 0.3) is 0 Å². The van der Waals surface area contributed by atoms with Gasteiger partial charge < -0.3 is 14.8 Å². The van der Waals surface area contributed by atoms with Crippen LogP contribution in [-0.2, 0) is 9.53 Å².